The van der Waals surface area contributed by atoms with Gasteiger partial charge in [-0.25, -0.2) is 14.8 Å². The second kappa shape index (κ2) is 9.01. The summed E-state index contributed by atoms with van der Waals surface area (Å²) in [5.74, 6) is 0.102. The Bertz CT molecular complexity index is 930. The van der Waals surface area contributed by atoms with Crippen LogP contribution in [0, 0.1) is 18.3 Å². The predicted molar refractivity (Wildman–Crippen MR) is 107 cm³/mol. The third-order valence-electron chi connectivity index (χ3n) is 4.44. The second-order valence-corrected chi connectivity index (χ2v) is 6.51. The van der Waals surface area contributed by atoms with Crippen molar-refractivity contribution in [3.63, 3.8) is 0 Å². The highest BCUT2D eigenvalue weighted by atomic mass is 16.6. The van der Waals surface area contributed by atoms with Crippen LogP contribution in [0.15, 0.2) is 30.3 Å². The molecule has 150 valence electrons. The number of ether oxygens (including phenoxy) is 1. The van der Waals surface area contributed by atoms with E-state index in [9.17, 15) is 9.59 Å². The van der Waals surface area contributed by atoms with Crippen LogP contribution in [-0.2, 0) is 4.74 Å². The van der Waals surface area contributed by atoms with Gasteiger partial charge in [0.15, 0.2) is 0 Å². The molecule has 29 heavy (non-hydrogen) atoms. The Morgan fingerprint density at radius 2 is 1.86 bits per heavy atom. The van der Waals surface area contributed by atoms with Crippen molar-refractivity contribution in [2.24, 2.45) is 0 Å². The highest BCUT2D eigenvalue weighted by Crippen LogP contribution is 2.16. The number of hydrogen-bond donors (Lipinski definition) is 1. The van der Waals surface area contributed by atoms with Gasteiger partial charge in [0.25, 0.3) is 5.91 Å². The lowest BCUT2D eigenvalue weighted by atomic mass is 10.2. The van der Waals surface area contributed by atoms with Crippen molar-refractivity contribution in [3.8, 4) is 6.07 Å². The van der Waals surface area contributed by atoms with Gasteiger partial charge in [-0.15, -0.1) is 0 Å². The van der Waals surface area contributed by atoms with E-state index >= 15 is 0 Å². The third kappa shape index (κ3) is 4.99. The summed E-state index contributed by atoms with van der Waals surface area (Å²) in [6, 6.07) is 10.3. The Morgan fingerprint density at radius 3 is 2.48 bits per heavy atom. The molecule has 1 saturated heterocycles. The van der Waals surface area contributed by atoms with Gasteiger partial charge in [0.1, 0.15) is 5.69 Å². The molecule has 2 heterocycles. The van der Waals surface area contributed by atoms with Crippen LogP contribution in [-0.4, -0.2) is 59.7 Å². The third-order valence-corrected chi connectivity index (χ3v) is 4.44. The lowest BCUT2D eigenvalue weighted by Gasteiger charge is -2.34. The van der Waals surface area contributed by atoms with Gasteiger partial charge in [-0.05, 0) is 44.2 Å². The fourth-order valence-corrected chi connectivity index (χ4v) is 2.94. The van der Waals surface area contributed by atoms with Crippen LogP contribution in [0.3, 0.4) is 0 Å². The number of rotatable bonds is 4. The SMILES string of the molecule is CCOC(=O)N1CCN(c2nc(C)cc(C(=O)Nc3ccc(C#N)cc3)n2)CC1. The van der Waals surface area contributed by atoms with Gasteiger partial charge in [0.05, 0.1) is 18.2 Å². The minimum absolute atomic E-state index is 0.254. The molecule has 0 saturated carbocycles. The summed E-state index contributed by atoms with van der Waals surface area (Å²) in [4.78, 5) is 36.9. The van der Waals surface area contributed by atoms with Crippen molar-refractivity contribution < 1.29 is 14.3 Å². The number of aryl methyl sites for hydroxylation is 1. The molecule has 9 nitrogen and oxygen atoms in total. The second-order valence-electron chi connectivity index (χ2n) is 6.51. The Kier molecular flexibility index (Phi) is 6.24. The van der Waals surface area contributed by atoms with Gasteiger partial charge in [0, 0.05) is 37.6 Å². The van der Waals surface area contributed by atoms with Gasteiger partial charge in [-0.3, -0.25) is 4.79 Å². The number of anilines is 2. The lowest BCUT2D eigenvalue weighted by Crippen LogP contribution is -2.49. The first kappa shape index (κ1) is 20.1. The van der Waals surface area contributed by atoms with E-state index in [4.69, 9.17) is 10.00 Å². The molecule has 0 unspecified atom stereocenters. The summed E-state index contributed by atoms with van der Waals surface area (Å²) < 4.78 is 5.03. The van der Waals surface area contributed by atoms with Gasteiger partial charge >= 0.3 is 6.09 Å². The summed E-state index contributed by atoms with van der Waals surface area (Å²) in [6.07, 6.45) is -0.320. The molecular formula is C20H22N6O3. The average molecular weight is 394 g/mol. The normalized spacial score (nSPS) is 13.6. The van der Waals surface area contributed by atoms with Crippen LogP contribution < -0.4 is 10.2 Å². The van der Waals surface area contributed by atoms with Gasteiger partial charge in [-0.2, -0.15) is 5.26 Å². The van der Waals surface area contributed by atoms with E-state index < -0.39 is 0 Å². The van der Waals surface area contributed by atoms with E-state index in [-0.39, 0.29) is 17.7 Å². The molecule has 2 aromatic rings. The first-order valence-electron chi connectivity index (χ1n) is 9.34. The van der Waals surface area contributed by atoms with E-state index in [2.05, 4.69) is 15.3 Å². The van der Waals surface area contributed by atoms with Crippen molar-refractivity contribution in [3.05, 3.63) is 47.3 Å². The largest absolute Gasteiger partial charge is 0.450 e. The molecule has 9 heteroatoms. The molecule has 0 bridgehead atoms. The zero-order valence-corrected chi connectivity index (χ0v) is 16.4. The Hall–Kier alpha value is -3.67. The molecule has 2 amide bonds. The maximum Gasteiger partial charge on any atom is 0.409 e. The van der Waals surface area contributed by atoms with Gasteiger partial charge in [-0.1, -0.05) is 0 Å². The van der Waals surface area contributed by atoms with Crippen LogP contribution in [0.5, 0.6) is 0 Å². The number of piperazine rings is 1. The van der Waals surface area contributed by atoms with E-state index in [0.717, 1.165) is 0 Å². The highest BCUT2D eigenvalue weighted by molar-refractivity contribution is 6.03. The van der Waals surface area contributed by atoms with Crippen molar-refractivity contribution in [2.45, 2.75) is 13.8 Å². The summed E-state index contributed by atoms with van der Waals surface area (Å²) in [5.41, 5.74) is 2.03. The number of hydrogen-bond acceptors (Lipinski definition) is 7. The number of carbonyl (C=O) groups is 2. The first-order valence-corrected chi connectivity index (χ1v) is 9.34. The monoisotopic (exact) mass is 394 g/mol. The fraction of sp³-hybridized carbons (Fsp3) is 0.350. The van der Waals surface area contributed by atoms with Crippen molar-refractivity contribution in [2.75, 3.05) is 43.0 Å². The topological polar surface area (TPSA) is 111 Å². The van der Waals surface area contributed by atoms with Crippen molar-refractivity contribution in [1.29, 1.82) is 5.26 Å². The van der Waals surface area contributed by atoms with E-state index in [0.29, 0.717) is 55.7 Å². The predicted octanol–water partition coefficient (Wildman–Crippen LogP) is 2.19. The number of aromatic nitrogens is 2. The Labute approximate surface area is 168 Å². The fourth-order valence-electron chi connectivity index (χ4n) is 2.94. The van der Waals surface area contributed by atoms with E-state index in [1.54, 1.807) is 49.1 Å². The van der Waals surface area contributed by atoms with Crippen molar-refractivity contribution >= 4 is 23.6 Å². The number of nitrogens with one attached hydrogen (secondary N) is 1. The van der Waals surface area contributed by atoms with E-state index in [1.807, 2.05) is 11.0 Å². The summed E-state index contributed by atoms with van der Waals surface area (Å²) in [7, 11) is 0. The van der Waals surface area contributed by atoms with Crippen molar-refractivity contribution in [1.82, 2.24) is 14.9 Å². The Morgan fingerprint density at radius 1 is 1.17 bits per heavy atom. The molecular weight excluding hydrogens is 372 g/mol. The van der Waals surface area contributed by atoms with Gasteiger partial charge < -0.3 is 19.9 Å². The molecule has 1 aromatic heterocycles. The minimum atomic E-state index is -0.355. The van der Waals surface area contributed by atoms with Crippen LogP contribution >= 0.6 is 0 Å². The average Bonchev–Trinajstić information content (AvgIpc) is 2.74. The zero-order chi connectivity index (χ0) is 20.8. The molecule has 0 spiro atoms. The number of carbonyl (C=O) groups excluding carboxylic acids is 2. The number of benzene rings is 1. The van der Waals surface area contributed by atoms with Gasteiger partial charge in [0.2, 0.25) is 5.95 Å². The summed E-state index contributed by atoms with van der Waals surface area (Å²) in [5, 5.41) is 11.6. The molecule has 0 aliphatic carbocycles. The standard InChI is InChI=1S/C20H22N6O3/c1-3-29-20(28)26-10-8-25(9-11-26)19-22-14(2)12-17(24-19)18(27)23-16-6-4-15(13-21)5-7-16/h4-7,12H,3,8-11H2,1-2H3,(H,23,27). The van der Waals surface area contributed by atoms with Crippen LogP contribution in [0.4, 0.5) is 16.4 Å². The molecule has 0 radical (unpaired) electrons. The van der Waals surface area contributed by atoms with Crippen LogP contribution in [0.1, 0.15) is 28.7 Å². The molecule has 1 aliphatic rings. The molecule has 3 rings (SSSR count). The molecule has 1 aliphatic heterocycles. The maximum absolute atomic E-state index is 12.6. The minimum Gasteiger partial charge on any atom is -0.450 e. The van der Waals surface area contributed by atoms with Crippen LogP contribution in [0.2, 0.25) is 0 Å². The number of amides is 2. The maximum atomic E-state index is 12.6. The smallest absolute Gasteiger partial charge is 0.409 e. The quantitative estimate of drug-likeness (QED) is 0.846. The molecule has 1 fully saturated rings. The molecule has 0 atom stereocenters. The molecule has 1 aromatic carbocycles. The van der Waals surface area contributed by atoms with Crippen LogP contribution in [0.25, 0.3) is 0 Å². The highest BCUT2D eigenvalue weighted by Gasteiger charge is 2.24. The first-order chi connectivity index (χ1) is 14.0. The zero-order valence-electron chi connectivity index (χ0n) is 16.4. The molecule has 1 N–H and O–H groups in total. The number of nitrogens with zero attached hydrogens (tertiary/aromatic N) is 5. The summed E-state index contributed by atoms with van der Waals surface area (Å²) >= 11 is 0. The van der Waals surface area contributed by atoms with E-state index in [1.165, 1.54) is 0 Å². The lowest BCUT2D eigenvalue weighted by molar-refractivity contribution is 0.102. The number of nitriles is 1. The summed E-state index contributed by atoms with van der Waals surface area (Å²) in [6.45, 7) is 6.04. The Balaban J connectivity index is 1.69.